The molecule has 2 heterocycles. The number of rotatable bonds is 11. The van der Waals surface area contributed by atoms with Gasteiger partial charge in [-0.3, -0.25) is 24.8 Å². The summed E-state index contributed by atoms with van der Waals surface area (Å²) in [6, 6.07) is 20.7. The summed E-state index contributed by atoms with van der Waals surface area (Å²) in [5.74, 6) is -0.426. The van der Waals surface area contributed by atoms with E-state index in [4.69, 9.17) is 5.10 Å². The highest BCUT2D eigenvalue weighted by Crippen LogP contribution is 2.26. The maximum atomic E-state index is 12.9. The van der Waals surface area contributed by atoms with E-state index in [-0.39, 0.29) is 29.4 Å². The molecule has 0 radical (unpaired) electrons. The van der Waals surface area contributed by atoms with Gasteiger partial charge < -0.3 is 5.11 Å². The smallest absolute Gasteiger partial charge is 0.244 e. The molecule has 0 spiro atoms. The van der Waals surface area contributed by atoms with Crippen LogP contribution in [0.4, 0.5) is 0 Å². The third kappa shape index (κ3) is 8.13. The van der Waals surface area contributed by atoms with Gasteiger partial charge in [-0.15, -0.1) is 0 Å². The Morgan fingerprint density at radius 1 is 1.00 bits per heavy atom. The van der Waals surface area contributed by atoms with Crippen LogP contribution in [0.3, 0.4) is 0 Å². The number of carbonyl (C=O) groups excluding carboxylic acids is 2. The Kier molecular flexibility index (Phi) is 9.91. The molecular formula is C34H41N5O3. The van der Waals surface area contributed by atoms with Gasteiger partial charge in [0.25, 0.3) is 0 Å². The fourth-order valence-corrected chi connectivity index (χ4v) is 4.82. The lowest BCUT2D eigenvalue weighted by atomic mass is 9.87. The summed E-state index contributed by atoms with van der Waals surface area (Å²) in [7, 11) is 3.63. The summed E-state index contributed by atoms with van der Waals surface area (Å²) in [5, 5.41) is 17.0. The van der Waals surface area contributed by atoms with Gasteiger partial charge in [0, 0.05) is 30.1 Å². The van der Waals surface area contributed by atoms with Crippen molar-refractivity contribution in [2.24, 2.45) is 0 Å². The highest BCUT2D eigenvalue weighted by atomic mass is 16.3. The van der Waals surface area contributed by atoms with Crippen LogP contribution in [-0.4, -0.2) is 56.7 Å². The molecule has 0 bridgehead atoms. The molecule has 0 saturated carbocycles. The van der Waals surface area contributed by atoms with Crippen molar-refractivity contribution in [1.82, 2.24) is 25.0 Å². The van der Waals surface area contributed by atoms with Gasteiger partial charge in [0.1, 0.15) is 5.75 Å². The van der Waals surface area contributed by atoms with Gasteiger partial charge in [0.05, 0.1) is 17.4 Å². The number of phenols is 1. The van der Waals surface area contributed by atoms with Gasteiger partial charge >= 0.3 is 0 Å². The van der Waals surface area contributed by atoms with Crippen LogP contribution in [0.15, 0.2) is 79.1 Å². The Morgan fingerprint density at radius 2 is 1.71 bits per heavy atom. The lowest BCUT2D eigenvalue weighted by Gasteiger charge is -2.23. The Balaban J connectivity index is 1.38. The van der Waals surface area contributed by atoms with Gasteiger partial charge in [0.2, 0.25) is 11.8 Å². The molecule has 42 heavy (non-hydrogen) atoms. The van der Waals surface area contributed by atoms with Gasteiger partial charge in [-0.1, -0.05) is 45.0 Å². The third-order valence-corrected chi connectivity index (χ3v) is 7.36. The number of carbonyl (C=O) groups is 2. The minimum atomic E-state index is -0.497. The molecule has 8 heteroatoms. The number of phenolic OH excluding ortho intramolecular Hbond substituents is 1. The standard InChI is InChI=1S/C34H41N5O3/c1-34(2,3)26-14-16-27(17-15-26)39-28(22-30(37-39)25-9-8-20-35-23-25)10-6-7-11-32(41)36-33(42)31(38(4)5)21-24-12-18-29(40)19-13-24/h8-9,12-20,22-23,31,40H,6-7,10-11,21H2,1-5H3,(H,36,41,42)/t31-/m0/s1. The molecular weight excluding hydrogens is 526 g/mol. The van der Waals surface area contributed by atoms with Crippen LogP contribution < -0.4 is 5.32 Å². The number of nitrogens with one attached hydrogen (secondary N) is 1. The van der Waals surface area contributed by atoms with Gasteiger partial charge in [0.15, 0.2) is 0 Å². The van der Waals surface area contributed by atoms with Crippen molar-refractivity contribution < 1.29 is 14.7 Å². The number of nitrogens with zero attached hydrogens (tertiary/aromatic N) is 4. The molecule has 0 aliphatic heterocycles. The number of aromatic nitrogens is 3. The van der Waals surface area contributed by atoms with E-state index in [2.05, 4.69) is 61.4 Å². The average Bonchev–Trinajstić information content (AvgIpc) is 3.39. The van der Waals surface area contributed by atoms with Gasteiger partial charge in [-0.05, 0) is 98.8 Å². The van der Waals surface area contributed by atoms with Crippen LogP contribution in [0.5, 0.6) is 5.75 Å². The average molecular weight is 568 g/mol. The van der Waals surface area contributed by atoms with Crippen LogP contribution >= 0.6 is 0 Å². The molecule has 8 nitrogen and oxygen atoms in total. The number of hydrogen-bond donors (Lipinski definition) is 2. The van der Waals surface area contributed by atoms with Crippen LogP contribution in [0, 0.1) is 0 Å². The first-order valence-electron chi connectivity index (χ1n) is 14.4. The van der Waals surface area contributed by atoms with Crippen molar-refractivity contribution in [3.8, 4) is 22.7 Å². The first-order valence-corrected chi connectivity index (χ1v) is 14.4. The zero-order chi connectivity index (χ0) is 30.3. The molecule has 2 aromatic heterocycles. The van der Waals surface area contributed by atoms with E-state index in [1.54, 1.807) is 35.4 Å². The second kappa shape index (κ2) is 13.6. The van der Waals surface area contributed by atoms with E-state index in [0.29, 0.717) is 12.8 Å². The van der Waals surface area contributed by atoms with Crippen molar-refractivity contribution in [1.29, 1.82) is 0 Å². The topological polar surface area (TPSA) is 100 Å². The molecule has 0 fully saturated rings. The first kappa shape index (κ1) is 30.7. The summed E-state index contributed by atoms with van der Waals surface area (Å²) in [6.45, 7) is 6.59. The number of aromatic hydroxyl groups is 1. The minimum Gasteiger partial charge on any atom is -0.508 e. The fourth-order valence-electron chi connectivity index (χ4n) is 4.82. The maximum Gasteiger partial charge on any atom is 0.244 e. The van der Waals surface area contributed by atoms with E-state index >= 15 is 0 Å². The fraction of sp³-hybridized carbons (Fsp3) is 0.353. The second-order valence-electron chi connectivity index (χ2n) is 11.9. The molecule has 4 rings (SSSR count). The Morgan fingerprint density at radius 3 is 2.33 bits per heavy atom. The highest BCUT2D eigenvalue weighted by Gasteiger charge is 2.23. The third-order valence-electron chi connectivity index (χ3n) is 7.36. The zero-order valence-electron chi connectivity index (χ0n) is 25.2. The Bertz CT molecular complexity index is 1470. The summed E-state index contributed by atoms with van der Waals surface area (Å²) in [6.07, 6.45) is 6.39. The lowest BCUT2D eigenvalue weighted by molar-refractivity contribution is -0.133. The molecule has 2 aromatic carbocycles. The lowest BCUT2D eigenvalue weighted by Crippen LogP contribution is -2.46. The molecule has 2 amide bonds. The minimum absolute atomic E-state index is 0.0619. The molecule has 0 aliphatic carbocycles. The number of aryl methyl sites for hydroxylation is 1. The van der Waals surface area contributed by atoms with Crippen LogP contribution in [0.2, 0.25) is 0 Å². The molecule has 4 aromatic rings. The van der Waals surface area contributed by atoms with Gasteiger partial charge in [-0.25, -0.2) is 4.68 Å². The SMILES string of the molecule is CN(C)[C@@H](Cc1ccc(O)cc1)C(=O)NC(=O)CCCCc1cc(-c2cccnc2)nn1-c1ccc(C(C)(C)C)cc1. The summed E-state index contributed by atoms with van der Waals surface area (Å²) in [4.78, 5) is 31.6. The van der Waals surface area contributed by atoms with Crippen molar-refractivity contribution in [2.75, 3.05) is 14.1 Å². The predicted molar refractivity (Wildman–Crippen MR) is 165 cm³/mol. The quantitative estimate of drug-likeness (QED) is 0.233. The van der Waals surface area contributed by atoms with E-state index in [1.807, 2.05) is 37.1 Å². The van der Waals surface area contributed by atoms with Crippen molar-refractivity contribution >= 4 is 11.8 Å². The van der Waals surface area contributed by atoms with Crippen LogP contribution in [0.1, 0.15) is 56.9 Å². The Hall–Kier alpha value is -4.30. The van der Waals surface area contributed by atoms with Crippen LogP contribution in [0.25, 0.3) is 16.9 Å². The zero-order valence-corrected chi connectivity index (χ0v) is 25.2. The van der Waals surface area contributed by atoms with Crippen molar-refractivity contribution in [2.45, 2.75) is 64.3 Å². The summed E-state index contributed by atoms with van der Waals surface area (Å²) < 4.78 is 1.98. The largest absolute Gasteiger partial charge is 0.508 e. The van der Waals surface area contributed by atoms with Crippen molar-refractivity contribution in [3.05, 3.63) is 95.9 Å². The molecule has 0 aliphatic rings. The molecule has 0 unspecified atom stereocenters. The normalized spacial score (nSPS) is 12.3. The van der Waals surface area contributed by atoms with E-state index in [9.17, 15) is 14.7 Å². The maximum absolute atomic E-state index is 12.9. The number of pyridine rings is 1. The van der Waals surface area contributed by atoms with Crippen molar-refractivity contribution in [3.63, 3.8) is 0 Å². The summed E-state index contributed by atoms with van der Waals surface area (Å²) >= 11 is 0. The number of likely N-dealkylation sites (N-methyl/N-ethyl adjacent to an activating group) is 1. The number of amides is 2. The van der Waals surface area contributed by atoms with Crippen LogP contribution in [-0.2, 0) is 27.8 Å². The number of unbranched alkanes of at least 4 members (excludes halogenated alkanes) is 1. The number of hydrogen-bond acceptors (Lipinski definition) is 6. The molecule has 2 N–H and O–H groups in total. The van der Waals surface area contributed by atoms with Gasteiger partial charge in [-0.2, -0.15) is 5.10 Å². The van der Waals surface area contributed by atoms with E-state index in [0.717, 1.165) is 41.0 Å². The van der Waals surface area contributed by atoms with E-state index in [1.165, 1.54) is 5.56 Å². The molecule has 220 valence electrons. The number of benzene rings is 2. The molecule has 0 saturated heterocycles. The van der Waals surface area contributed by atoms with E-state index < -0.39 is 6.04 Å². The Labute approximate surface area is 248 Å². The first-order chi connectivity index (χ1) is 20.0. The molecule has 1 atom stereocenters. The second-order valence-corrected chi connectivity index (χ2v) is 11.9. The number of imide groups is 1. The summed E-state index contributed by atoms with van der Waals surface area (Å²) in [5.41, 5.74) is 6.06. The monoisotopic (exact) mass is 567 g/mol. The predicted octanol–water partition coefficient (Wildman–Crippen LogP) is 5.47. The highest BCUT2D eigenvalue weighted by molar-refractivity contribution is 5.97.